The van der Waals surface area contributed by atoms with Crippen molar-refractivity contribution in [2.45, 2.75) is 54.9 Å². The maximum atomic E-state index is 13.8. The number of hydrogen-bond acceptors (Lipinski definition) is 6. The van der Waals surface area contributed by atoms with E-state index in [2.05, 4.69) is 9.44 Å². The van der Waals surface area contributed by atoms with Crippen LogP contribution in [-0.2, 0) is 25.5 Å². The molecule has 2 heterocycles. The minimum atomic E-state index is -3.77. The highest BCUT2D eigenvalue weighted by Gasteiger charge is 2.45. The SMILES string of the molecule is CC1(NS(=O)(=O)c2cccc(C(=O)N3CC4(CCCCC4)c4cc(NS(C)(=O)=O)ccc43)c2)CSC1. The van der Waals surface area contributed by atoms with Gasteiger partial charge >= 0.3 is 0 Å². The first-order chi connectivity index (χ1) is 16.9. The highest BCUT2D eigenvalue weighted by molar-refractivity contribution is 8.01. The van der Waals surface area contributed by atoms with Crippen LogP contribution < -0.4 is 14.3 Å². The lowest BCUT2D eigenvalue weighted by atomic mass is 9.70. The van der Waals surface area contributed by atoms with E-state index in [9.17, 15) is 21.6 Å². The lowest BCUT2D eigenvalue weighted by Gasteiger charge is -2.37. The van der Waals surface area contributed by atoms with E-state index in [4.69, 9.17) is 0 Å². The molecular weight excluding hydrogens is 518 g/mol. The second kappa shape index (κ2) is 9.04. The zero-order valence-corrected chi connectivity index (χ0v) is 22.9. The number of fused-ring (bicyclic) bond motifs is 2. The number of nitrogens with zero attached hydrogens (tertiary/aromatic N) is 1. The molecule has 194 valence electrons. The topological polar surface area (TPSA) is 113 Å². The van der Waals surface area contributed by atoms with Gasteiger partial charge in [-0.3, -0.25) is 9.52 Å². The molecule has 0 unspecified atom stereocenters. The summed E-state index contributed by atoms with van der Waals surface area (Å²) in [4.78, 5) is 15.6. The summed E-state index contributed by atoms with van der Waals surface area (Å²) in [5.74, 6) is 1.17. The Morgan fingerprint density at radius 3 is 2.36 bits per heavy atom. The molecule has 0 atom stereocenters. The fraction of sp³-hybridized carbons (Fsp3) is 0.480. The van der Waals surface area contributed by atoms with Crippen molar-refractivity contribution in [1.82, 2.24) is 4.72 Å². The van der Waals surface area contributed by atoms with Gasteiger partial charge in [-0.2, -0.15) is 11.8 Å². The monoisotopic (exact) mass is 549 g/mol. The van der Waals surface area contributed by atoms with Gasteiger partial charge in [-0.25, -0.2) is 21.6 Å². The van der Waals surface area contributed by atoms with Crippen LogP contribution >= 0.6 is 11.8 Å². The summed E-state index contributed by atoms with van der Waals surface area (Å²) in [7, 11) is -7.20. The van der Waals surface area contributed by atoms with Gasteiger partial charge in [-0.05, 0) is 61.7 Å². The van der Waals surface area contributed by atoms with Crippen molar-refractivity contribution in [3.63, 3.8) is 0 Å². The summed E-state index contributed by atoms with van der Waals surface area (Å²) in [6.07, 6.45) is 6.18. The third kappa shape index (κ3) is 4.90. The van der Waals surface area contributed by atoms with E-state index in [1.807, 2.05) is 13.0 Å². The molecule has 1 spiro atoms. The summed E-state index contributed by atoms with van der Waals surface area (Å²) in [6.45, 7) is 2.38. The first kappa shape index (κ1) is 25.6. The first-order valence-corrected chi connectivity index (χ1v) is 16.6. The smallest absolute Gasteiger partial charge is 0.258 e. The maximum Gasteiger partial charge on any atom is 0.258 e. The molecule has 8 nitrogen and oxygen atoms in total. The second-order valence-electron chi connectivity index (χ2n) is 10.5. The van der Waals surface area contributed by atoms with Crippen LogP contribution in [0.25, 0.3) is 0 Å². The predicted molar refractivity (Wildman–Crippen MR) is 144 cm³/mol. The normalized spacial score (nSPS) is 20.6. The Morgan fingerprint density at radius 2 is 1.72 bits per heavy atom. The number of anilines is 2. The molecule has 36 heavy (non-hydrogen) atoms. The molecule has 2 aromatic rings. The summed E-state index contributed by atoms with van der Waals surface area (Å²) in [5, 5.41) is 0. The molecule has 2 aliphatic heterocycles. The number of carbonyl (C=O) groups excluding carboxylic acids is 1. The molecule has 0 radical (unpaired) electrons. The molecule has 1 saturated heterocycles. The van der Waals surface area contributed by atoms with Gasteiger partial charge in [0.05, 0.1) is 11.2 Å². The minimum Gasteiger partial charge on any atom is -0.307 e. The van der Waals surface area contributed by atoms with Gasteiger partial charge in [0, 0.05) is 45.9 Å². The van der Waals surface area contributed by atoms with Crippen molar-refractivity contribution in [3.8, 4) is 0 Å². The Labute approximate surface area is 217 Å². The standard InChI is InChI=1S/C25H31N3O5S3/c1-24(16-34-17-24)27-36(32,33)20-8-6-7-18(13-20)23(29)28-15-25(11-4-3-5-12-25)21-14-19(9-10-22(21)28)26-35(2,30)31/h6-10,13-14,26-27H,3-5,11-12,15-17H2,1-2H3. The number of rotatable bonds is 6. The lowest BCUT2D eigenvalue weighted by Crippen LogP contribution is -2.55. The Morgan fingerprint density at radius 1 is 1.00 bits per heavy atom. The number of amides is 1. The van der Waals surface area contributed by atoms with E-state index in [-0.39, 0.29) is 16.2 Å². The quantitative estimate of drug-likeness (QED) is 0.568. The van der Waals surface area contributed by atoms with Crippen molar-refractivity contribution in [1.29, 1.82) is 0 Å². The molecule has 11 heteroatoms. The van der Waals surface area contributed by atoms with Crippen LogP contribution in [0.3, 0.4) is 0 Å². The predicted octanol–water partition coefficient (Wildman–Crippen LogP) is 3.70. The van der Waals surface area contributed by atoms with Gasteiger partial charge in [0.2, 0.25) is 20.0 Å². The van der Waals surface area contributed by atoms with E-state index < -0.39 is 25.6 Å². The van der Waals surface area contributed by atoms with Gasteiger partial charge in [0.25, 0.3) is 5.91 Å². The molecule has 2 fully saturated rings. The highest BCUT2D eigenvalue weighted by Crippen LogP contribution is 2.50. The highest BCUT2D eigenvalue weighted by atomic mass is 32.2. The van der Waals surface area contributed by atoms with Gasteiger partial charge in [-0.15, -0.1) is 0 Å². The molecule has 0 bridgehead atoms. The Balaban J connectivity index is 1.48. The number of nitrogens with one attached hydrogen (secondary N) is 2. The fourth-order valence-corrected chi connectivity index (χ4v) is 8.74. The molecule has 2 aromatic carbocycles. The second-order valence-corrected chi connectivity index (χ2v) is 14.9. The summed E-state index contributed by atoms with van der Waals surface area (Å²) < 4.78 is 55.0. The zero-order valence-electron chi connectivity index (χ0n) is 20.4. The zero-order chi connectivity index (χ0) is 25.8. The Hall–Kier alpha value is -2.08. The molecule has 0 aromatic heterocycles. The Kier molecular flexibility index (Phi) is 6.42. The summed E-state index contributed by atoms with van der Waals surface area (Å²) >= 11 is 1.69. The van der Waals surface area contributed by atoms with E-state index >= 15 is 0 Å². The van der Waals surface area contributed by atoms with Crippen LogP contribution in [0.5, 0.6) is 0 Å². The van der Waals surface area contributed by atoms with Crippen LogP contribution in [0.1, 0.15) is 54.9 Å². The molecule has 5 rings (SSSR count). The van der Waals surface area contributed by atoms with Crippen LogP contribution in [0.4, 0.5) is 11.4 Å². The van der Waals surface area contributed by atoms with Gasteiger partial charge in [-0.1, -0.05) is 25.3 Å². The number of benzene rings is 2. The van der Waals surface area contributed by atoms with Crippen LogP contribution in [0.2, 0.25) is 0 Å². The van der Waals surface area contributed by atoms with E-state index in [1.54, 1.807) is 40.9 Å². The Bertz CT molecular complexity index is 1410. The summed E-state index contributed by atoms with van der Waals surface area (Å²) in [6, 6.07) is 11.5. The van der Waals surface area contributed by atoms with Crippen LogP contribution in [0, 0.1) is 0 Å². The number of hydrogen-bond donors (Lipinski definition) is 2. The molecule has 1 saturated carbocycles. The molecule has 2 N–H and O–H groups in total. The third-order valence-corrected chi connectivity index (χ3v) is 11.2. The van der Waals surface area contributed by atoms with Gasteiger partial charge in [0.1, 0.15) is 0 Å². The number of thioether (sulfide) groups is 1. The maximum absolute atomic E-state index is 13.8. The van der Waals surface area contributed by atoms with E-state index in [0.717, 1.165) is 49.6 Å². The fourth-order valence-electron chi connectivity index (χ4n) is 5.59. The molecule has 1 amide bonds. The van der Waals surface area contributed by atoms with Gasteiger partial charge in [0.15, 0.2) is 0 Å². The molecule has 1 aliphatic carbocycles. The van der Waals surface area contributed by atoms with E-state index in [0.29, 0.717) is 29.3 Å². The largest absolute Gasteiger partial charge is 0.307 e. The van der Waals surface area contributed by atoms with E-state index in [1.165, 1.54) is 12.1 Å². The van der Waals surface area contributed by atoms with Crippen LogP contribution in [0.15, 0.2) is 47.4 Å². The lowest BCUT2D eigenvalue weighted by molar-refractivity contribution is 0.0982. The van der Waals surface area contributed by atoms with Crippen molar-refractivity contribution < 1.29 is 21.6 Å². The van der Waals surface area contributed by atoms with Gasteiger partial charge < -0.3 is 4.90 Å². The van der Waals surface area contributed by atoms with Crippen molar-refractivity contribution >= 4 is 49.1 Å². The molecule has 3 aliphatic rings. The van der Waals surface area contributed by atoms with Crippen molar-refractivity contribution in [2.75, 3.05) is 33.9 Å². The minimum absolute atomic E-state index is 0.0750. The van der Waals surface area contributed by atoms with Crippen molar-refractivity contribution in [3.05, 3.63) is 53.6 Å². The van der Waals surface area contributed by atoms with Crippen LogP contribution in [-0.4, -0.2) is 52.6 Å². The average molecular weight is 550 g/mol. The van der Waals surface area contributed by atoms with Crippen molar-refractivity contribution in [2.24, 2.45) is 0 Å². The molecular formula is C25H31N3O5S3. The summed E-state index contributed by atoms with van der Waals surface area (Å²) in [5.41, 5.74) is 1.82. The number of carbonyl (C=O) groups is 1. The number of sulfonamides is 2. The first-order valence-electron chi connectivity index (χ1n) is 12.1. The third-order valence-electron chi connectivity index (χ3n) is 7.29. The average Bonchev–Trinajstić information content (AvgIpc) is 3.10.